The number of benzene rings is 1. The van der Waals surface area contributed by atoms with Gasteiger partial charge < -0.3 is 5.32 Å². The van der Waals surface area contributed by atoms with Crippen LogP contribution in [0.3, 0.4) is 0 Å². The third-order valence-electron chi connectivity index (χ3n) is 4.81. The molecule has 0 bridgehead atoms. The summed E-state index contributed by atoms with van der Waals surface area (Å²) in [4.78, 5) is 1.60. The van der Waals surface area contributed by atoms with Gasteiger partial charge in [-0.3, -0.25) is 0 Å². The van der Waals surface area contributed by atoms with Gasteiger partial charge in [0.25, 0.3) is 0 Å². The van der Waals surface area contributed by atoms with Crippen molar-refractivity contribution in [3.8, 4) is 0 Å². The largest absolute Gasteiger partial charge is 0.378 e. The molecule has 1 aromatic heterocycles. The first-order valence-electron chi connectivity index (χ1n) is 7.96. The number of halogens is 1. The van der Waals surface area contributed by atoms with Crippen molar-refractivity contribution in [1.82, 2.24) is 0 Å². The number of aryl methyl sites for hydroxylation is 2. The van der Waals surface area contributed by atoms with E-state index in [0.29, 0.717) is 6.04 Å². The third-order valence-corrected chi connectivity index (χ3v) is 6.78. The molecule has 0 spiro atoms. The summed E-state index contributed by atoms with van der Waals surface area (Å²) in [6.45, 7) is 0. The maximum absolute atomic E-state index is 3.88. The van der Waals surface area contributed by atoms with E-state index in [4.69, 9.17) is 0 Å². The quantitative estimate of drug-likeness (QED) is 0.626. The molecule has 0 saturated carbocycles. The lowest BCUT2D eigenvalue weighted by Crippen LogP contribution is -2.17. The number of hydrogen-bond acceptors (Lipinski definition) is 2. The molecule has 21 heavy (non-hydrogen) atoms. The molecule has 0 fully saturated rings. The van der Waals surface area contributed by atoms with Crippen molar-refractivity contribution in [3.05, 3.63) is 48.7 Å². The second kappa shape index (κ2) is 5.92. The zero-order valence-electron chi connectivity index (χ0n) is 12.1. The van der Waals surface area contributed by atoms with Crippen molar-refractivity contribution in [2.45, 2.75) is 51.0 Å². The van der Waals surface area contributed by atoms with E-state index in [-0.39, 0.29) is 0 Å². The molecule has 0 amide bonds. The average Bonchev–Trinajstić information content (AvgIpc) is 2.89. The maximum Gasteiger partial charge on any atom is 0.0660 e. The third kappa shape index (κ3) is 2.74. The molecule has 0 radical (unpaired) electrons. The highest BCUT2D eigenvalue weighted by atomic mass is 127. The molecule has 0 saturated heterocycles. The molecule has 2 aliphatic carbocycles. The van der Waals surface area contributed by atoms with Gasteiger partial charge in [-0.2, -0.15) is 0 Å². The lowest BCUT2D eigenvalue weighted by molar-refractivity contribution is 0.606. The van der Waals surface area contributed by atoms with Gasteiger partial charge in [0.1, 0.15) is 0 Å². The highest BCUT2D eigenvalue weighted by Gasteiger charge is 2.23. The molecule has 3 heteroatoms. The summed E-state index contributed by atoms with van der Waals surface area (Å²) in [5.41, 5.74) is 6.11. The first-order valence-corrected chi connectivity index (χ1v) is 9.86. The number of anilines is 1. The first-order chi connectivity index (χ1) is 10.3. The topological polar surface area (TPSA) is 12.0 Å². The van der Waals surface area contributed by atoms with Crippen LogP contribution in [0.1, 0.15) is 53.3 Å². The second-order valence-electron chi connectivity index (χ2n) is 6.17. The fourth-order valence-electron chi connectivity index (χ4n) is 3.78. The smallest absolute Gasteiger partial charge is 0.0660 e. The van der Waals surface area contributed by atoms with Crippen molar-refractivity contribution < 1.29 is 0 Å². The van der Waals surface area contributed by atoms with E-state index in [9.17, 15) is 0 Å². The Morgan fingerprint density at radius 1 is 1.10 bits per heavy atom. The van der Waals surface area contributed by atoms with Gasteiger partial charge in [-0.15, -0.1) is 11.3 Å². The highest BCUT2D eigenvalue weighted by Crippen LogP contribution is 2.39. The van der Waals surface area contributed by atoms with E-state index >= 15 is 0 Å². The SMILES string of the molecule is Ic1cc2c(s1)CCCC2Nc1cccc2c1CCCC2. The predicted molar refractivity (Wildman–Crippen MR) is 99.4 cm³/mol. The molecule has 1 atom stereocenters. The van der Waals surface area contributed by atoms with Gasteiger partial charge in [-0.05, 0) is 96.4 Å². The van der Waals surface area contributed by atoms with E-state index < -0.39 is 0 Å². The minimum Gasteiger partial charge on any atom is -0.378 e. The van der Waals surface area contributed by atoms with Crippen molar-refractivity contribution in [2.24, 2.45) is 0 Å². The molecule has 110 valence electrons. The number of thiophene rings is 1. The first kappa shape index (κ1) is 14.1. The molecule has 2 aliphatic rings. The monoisotopic (exact) mass is 409 g/mol. The van der Waals surface area contributed by atoms with Crippen molar-refractivity contribution in [1.29, 1.82) is 0 Å². The highest BCUT2D eigenvalue weighted by molar-refractivity contribution is 14.1. The fraction of sp³-hybridized carbons (Fsp3) is 0.444. The van der Waals surface area contributed by atoms with Crippen LogP contribution >= 0.6 is 33.9 Å². The summed E-state index contributed by atoms with van der Waals surface area (Å²) >= 11 is 4.45. The van der Waals surface area contributed by atoms with Crippen molar-refractivity contribution in [3.63, 3.8) is 0 Å². The molecule has 1 unspecified atom stereocenters. The normalized spacial score (nSPS) is 20.7. The van der Waals surface area contributed by atoms with E-state index in [1.807, 2.05) is 11.3 Å². The Kier molecular flexibility index (Phi) is 3.96. The lowest BCUT2D eigenvalue weighted by atomic mass is 9.89. The summed E-state index contributed by atoms with van der Waals surface area (Å²) in [7, 11) is 0. The Labute approximate surface area is 144 Å². The summed E-state index contributed by atoms with van der Waals surface area (Å²) in [6, 6.07) is 9.75. The Morgan fingerprint density at radius 2 is 2.00 bits per heavy atom. The summed E-state index contributed by atoms with van der Waals surface area (Å²) < 4.78 is 1.43. The van der Waals surface area contributed by atoms with Crippen LogP contribution in [0.2, 0.25) is 0 Å². The number of rotatable bonds is 2. The molecule has 0 aliphatic heterocycles. The zero-order chi connectivity index (χ0) is 14.2. The molecule has 1 aromatic carbocycles. The van der Waals surface area contributed by atoms with Crippen LogP contribution in [0.25, 0.3) is 0 Å². The zero-order valence-corrected chi connectivity index (χ0v) is 15.1. The minimum atomic E-state index is 0.516. The van der Waals surface area contributed by atoms with Crippen LogP contribution < -0.4 is 5.32 Å². The van der Waals surface area contributed by atoms with Crippen LogP contribution in [0.4, 0.5) is 5.69 Å². The van der Waals surface area contributed by atoms with Crippen molar-refractivity contribution in [2.75, 3.05) is 5.32 Å². The Morgan fingerprint density at radius 3 is 2.95 bits per heavy atom. The van der Waals surface area contributed by atoms with Gasteiger partial charge in [0, 0.05) is 10.6 Å². The molecule has 1 nitrogen and oxygen atoms in total. The second-order valence-corrected chi connectivity index (χ2v) is 9.20. The number of fused-ring (bicyclic) bond motifs is 2. The van der Waals surface area contributed by atoms with Crippen molar-refractivity contribution >= 4 is 39.6 Å². The van der Waals surface area contributed by atoms with Gasteiger partial charge in [-0.1, -0.05) is 12.1 Å². The van der Waals surface area contributed by atoms with Crippen LogP contribution in [0, 0.1) is 2.88 Å². The summed E-state index contributed by atoms with van der Waals surface area (Å²) in [5.74, 6) is 0. The van der Waals surface area contributed by atoms with E-state index in [1.54, 1.807) is 21.6 Å². The van der Waals surface area contributed by atoms with Gasteiger partial charge in [0.2, 0.25) is 0 Å². The Bertz CT molecular complexity index is 661. The van der Waals surface area contributed by atoms with E-state index in [1.165, 1.54) is 53.5 Å². The van der Waals surface area contributed by atoms with Gasteiger partial charge in [0.15, 0.2) is 0 Å². The standard InChI is InChI=1S/C18H20INS/c19-18-11-14-16(9-4-10-17(14)21-18)20-15-8-3-6-12-5-1-2-7-13(12)15/h3,6,8,11,16,20H,1-2,4-5,7,9-10H2. The lowest BCUT2D eigenvalue weighted by Gasteiger charge is -2.27. The van der Waals surface area contributed by atoms with Gasteiger partial charge >= 0.3 is 0 Å². The molecule has 1 heterocycles. The summed E-state index contributed by atoms with van der Waals surface area (Å²) in [5, 5.41) is 3.88. The number of nitrogens with one attached hydrogen (secondary N) is 1. The number of hydrogen-bond donors (Lipinski definition) is 1. The molecule has 2 aromatic rings. The summed E-state index contributed by atoms with van der Waals surface area (Å²) in [6.07, 6.45) is 9.06. The Hall–Kier alpha value is -0.550. The molecule has 4 rings (SSSR count). The fourth-order valence-corrected chi connectivity index (χ4v) is 5.90. The van der Waals surface area contributed by atoms with E-state index in [2.05, 4.69) is 52.2 Å². The Balaban J connectivity index is 1.65. The predicted octanol–water partition coefficient (Wildman–Crippen LogP) is 5.72. The van der Waals surface area contributed by atoms with Crippen LogP contribution in [0.5, 0.6) is 0 Å². The maximum atomic E-state index is 3.88. The molecular formula is C18H20INS. The minimum absolute atomic E-state index is 0.516. The van der Waals surface area contributed by atoms with Crippen LogP contribution in [-0.2, 0) is 19.3 Å². The van der Waals surface area contributed by atoms with Crippen LogP contribution in [-0.4, -0.2) is 0 Å². The molecule has 1 N–H and O–H groups in total. The average molecular weight is 409 g/mol. The van der Waals surface area contributed by atoms with Crippen LogP contribution in [0.15, 0.2) is 24.3 Å². The molecular weight excluding hydrogens is 389 g/mol. The van der Waals surface area contributed by atoms with E-state index in [0.717, 1.165) is 0 Å². The van der Waals surface area contributed by atoms with Gasteiger partial charge in [0.05, 0.1) is 8.93 Å². The van der Waals surface area contributed by atoms with Gasteiger partial charge in [-0.25, -0.2) is 0 Å².